The molecule has 1 amide bonds. The Balaban J connectivity index is 1.73. The van der Waals surface area contributed by atoms with Crippen molar-refractivity contribution in [3.63, 3.8) is 0 Å². The van der Waals surface area contributed by atoms with Crippen molar-refractivity contribution in [2.45, 2.75) is 39.2 Å². The van der Waals surface area contributed by atoms with E-state index in [4.69, 9.17) is 9.47 Å². The third kappa shape index (κ3) is 5.32. The third-order valence-electron chi connectivity index (χ3n) is 4.99. The number of rotatable bonds is 9. The SMILES string of the molecule is CC(C)C[C@@H](CO)NC(=O)c1ccc(N2CCCC2)c(OCC2COC2)n1. The zero-order chi connectivity index (χ0) is 19.2. The van der Waals surface area contributed by atoms with E-state index in [1.54, 1.807) is 6.07 Å². The maximum absolute atomic E-state index is 12.6. The first-order chi connectivity index (χ1) is 13.1. The molecule has 2 aliphatic rings. The maximum Gasteiger partial charge on any atom is 0.270 e. The van der Waals surface area contributed by atoms with E-state index in [1.807, 2.05) is 6.07 Å². The summed E-state index contributed by atoms with van der Waals surface area (Å²) < 4.78 is 11.2. The predicted octanol–water partition coefficient (Wildman–Crippen LogP) is 1.84. The molecule has 2 fully saturated rings. The molecule has 1 aromatic rings. The number of anilines is 1. The summed E-state index contributed by atoms with van der Waals surface area (Å²) in [6.07, 6.45) is 3.04. The average molecular weight is 377 g/mol. The van der Waals surface area contributed by atoms with Crippen molar-refractivity contribution >= 4 is 11.6 Å². The van der Waals surface area contributed by atoms with Gasteiger partial charge in [0.1, 0.15) is 5.69 Å². The van der Waals surface area contributed by atoms with Crippen molar-refractivity contribution in [1.29, 1.82) is 0 Å². The molecule has 0 radical (unpaired) electrons. The first-order valence-electron chi connectivity index (χ1n) is 9.95. The average Bonchev–Trinajstić information content (AvgIpc) is 3.13. The van der Waals surface area contributed by atoms with Gasteiger partial charge in [-0.1, -0.05) is 13.8 Å². The van der Waals surface area contributed by atoms with Crippen molar-refractivity contribution in [2.75, 3.05) is 44.4 Å². The molecule has 7 nitrogen and oxygen atoms in total. The second-order valence-electron chi connectivity index (χ2n) is 7.91. The van der Waals surface area contributed by atoms with Crippen molar-refractivity contribution < 1.29 is 19.4 Å². The van der Waals surface area contributed by atoms with Crippen LogP contribution in [0.5, 0.6) is 5.88 Å². The van der Waals surface area contributed by atoms with Crippen LogP contribution in [0.3, 0.4) is 0 Å². The number of aliphatic hydroxyl groups is 1. The van der Waals surface area contributed by atoms with Crippen molar-refractivity contribution in [1.82, 2.24) is 10.3 Å². The van der Waals surface area contributed by atoms with Gasteiger partial charge in [0.25, 0.3) is 5.91 Å². The van der Waals surface area contributed by atoms with E-state index in [0.717, 1.165) is 38.0 Å². The minimum absolute atomic E-state index is 0.0825. The lowest BCUT2D eigenvalue weighted by Crippen LogP contribution is -2.39. The number of aliphatic hydroxyl groups excluding tert-OH is 1. The van der Waals surface area contributed by atoms with Gasteiger partial charge in [-0.15, -0.1) is 0 Å². The summed E-state index contributed by atoms with van der Waals surface area (Å²) in [4.78, 5) is 19.4. The van der Waals surface area contributed by atoms with Crippen LogP contribution < -0.4 is 15.0 Å². The van der Waals surface area contributed by atoms with Gasteiger partial charge >= 0.3 is 0 Å². The fourth-order valence-corrected chi connectivity index (χ4v) is 3.45. The molecule has 7 heteroatoms. The topological polar surface area (TPSA) is 83.9 Å². The van der Waals surface area contributed by atoms with E-state index in [0.29, 0.717) is 43.2 Å². The number of nitrogens with zero attached hydrogens (tertiary/aromatic N) is 2. The number of pyridine rings is 1. The van der Waals surface area contributed by atoms with E-state index in [1.165, 1.54) is 0 Å². The van der Waals surface area contributed by atoms with Crippen LogP contribution in [0.1, 0.15) is 43.6 Å². The van der Waals surface area contributed by atoms with Gasteiger partial charge in [-0.05, 0) is 37.3 Å². The highest BCUT2D eigenvalue weighted by Crippen LogP contribution is 2.30. The zero-order valence-electron chi connectivity index (χ0n) is 16.3. The number of aromatic nitrogens is 1. The van der Waals surface area contributed by atoms with Gasteiger partial charge < -0.3 is 24.8 Å². The molecule has 3 heterocycles. The fourth-order valence-electron chi connectivity index (χ4n) is 3.45. The fraction of sp³-hybridized carbons (Fsp3) is 0.700. The minimum atomic E-state index is -0.278. The number of hydrogen-bond donors (Lipinski definition) is 2. The first kappa shape index (κ1) is 19.9. The lowest BCUT2D eigenvalue weighted by molar-refractivity contribution is -0.0513. The second-order valence-corrected chi connectivity index (χ2v) is 7.91. The quantitative estimate of drug-likeness (QED) is 0.683. The Morgan fingerprint density at radius 3 is 2.70 bits per heavy atom. The minimum Gasteiger partial charge on any atom is -0.476 e. The van der Waals surface area contributed by atoms with E-state index in [9.17, 15) is 9.90 Å². The number of carbonyl (C=O) groups excluding carboxylic acids is 1. The highest BCUT2D eigenvalue weighted by molar-refractivity contribution is 5.93. The van der Waals surface area contributed by atoms with Gasteiger partial charge in [0.15, 0.2) is 0 Å². The molecule has 150 valence electrons. The van der Waals surface area contributed by atoms with Gasteiger partial charge in [0.2, 0.25) is 5.88 Å². The summed E-state index contributed by atoms with van der Waals surface area (Å²) in [5.74, 6) is 1.01. The molecular weight excluding hydrogens is 346 g/mol. The predicted molar refractivity (Wildman–Crippen MR) is 103 cm³/mol. The smallest absolute Gasteiger partial charge is 0.270 e. The molecule has 0 aromatic carbocycles. The Morgan fingerprint density at radius 2 is 2.11 bits per heavy atom. The van der Waals surface area contributed by atoms with Crippen molar-refractivity contribution in [3.05, 3.63) is 17.8 Å². The molecule has 1 aromatic heterocycles. The van der Waals surface area contributed by atoms with Crippen LogP contribution in [-0.2, 0) is 4.74 Å². The summed E-state index contributed by atoms with van der Waals surface area (Å²) in [6.45, 7) is 7.99. The molecule has 1 atom stereocenters. The van der Waals surface area contributed by atoms with Crippen LogP contribution in [0, 0.1) is 11.8 Å². The Labute approximate surface area is 161 Å². The number of ether oxygens (including phenoxy) is 2. The van der Waals surface area contributed by atoms with E-state index in [2.05, 4.69) is 29.0 Å². The largest absolute Gasteiger partial charge is 0.476 e. The molecule has 0 aliphatic carbocycles. The Morgan fingerprint density at radius 1 is 1.37 bits per heavy atom. The maximum atomic E-state index is 12.6. The Hall–Kier alpha value is -1.86. The van der Waals surface area contributed by atoms with Crippen LogP contribution >= 0.6 is 0 Å². The number of nitrogens with one attached hydrogen (secondary N) is 1. The molecule has 2 saturated heterocycles. The summed E-state index contributed by atoms with van der Waals surface area (Å²) >= 11 is 0. The molecule has 27 heavy (non-hydrogen) atoms. The van der Waals surface area contributed by atoms with Crippen LogP contribution in [0.4, 0.5) is 5.69 Å². The van der Waals surface area contributed by atoms with E-state index < -0.39 is 0 Å². The van der Waals surface area contributed by atoms with E-state index in [-0.39, 0.29) is 18.6 Å². The molecule has 2 aliphatic heterocycles. The summed E-state index contributed by atoms with van der Waals surface area (Å²) in [5, 5.41) is 12.4. The molecule has 0 saturated carbocycles. The monoisotopic (exact) mass is 377 g/mol. The summed E-state index contributed by atoms with van der Waals surface area (Å²) in [5.41, 5.74) is 1.27. The normalized spacial score (nSPS) is 18.4. The summed E-state index contributed by atoms with van der Waals surface area (Å²) in [7, 11) is 0. The van der Waals surface area contributed by atoms with Crippen LogP contribution in [0.2, 0.25) is 0 Å². The third-order valence-corrected chi connectivity index (χ3v) is 4.99. The second kappa shape index (κ2) is 9.37. The molecular formula is C20H31N3O4. The standard InChI is InChI=1S/C20H31N3O4/c1-14(2)9-16(10-24)21-19(25)17-5-6-18(23-7-3-4-8-23)20(22-17)27-13-15-11-26-12-15/h5-6,14-16,24H,3-4,7-13H2,1-2H3,(H,21,25)/t16-/m0/s1. The Kier molecular flexibility index (Phi) is 6.90. The summed E-state index contributed by atoms with van der Waals surface area (Å²) in [6, 6.07) is 3.40. The van der Waals surface area contributed by atoms with Gasteiger partial charge in [0.05, 0.1) is 38.2 Å². The van der Waals surface area contributed by atoms with Crippen molar-refractivity contribution in [2.24, 2.45) is 11.8 Å². The molecule has 3 rings (SSSR count). The first-order valence-corrected chi connectivity index (χ1v) is 9.95. The number of hydrogen-bond acceptors (Lipinski definition) is 6. The Bertz CT molecular complexity index is 628. The van der Waals surface area contributed by atoms with Crippen LogP contribution in [0.15, 0.2) is 12.1 Å². The zero-order valence-corrected chi connectivity index (χ0v) is 16.3. The van der Waals surface area contributed by atoms with E-state index >= 15 is 0 Å². The van der Waals surface area contributed by atoms with Crippen LogP contribution in [-0.4, -0.2) is 61.6 Å². The van der Waals surface area contributed by atoms with Gasteiger partial charge in [-0.3, -0.25) is 4.79 Å². The van der Waals surface area contributed by atoms with Crippen molar-refractivity contribution in [3.8, 4) is 5.88 Å². The molecule has 2 N–H and O–H groups in total. The number of amides is 1. The van der Waals surface area contributed by atoms with Gasteiger partial charge in [-0.2, -0.15) is 0 Å². The number of carbonyl (C=O) groups is 1. The van der Waals surface area contributed by atoms with Gasteiger partial charge in [-0.25, -0.2) is 4.98 Å². The van der Waals surface area contributed by atoms with Gasteiger partial charge in [0, 0.05) is 19.0 Å². The highest BCUT2D eigenvalue weighted by Gasteiger charge is 2.24. The highest BCUT2D eigenvalue weighted by atomic mass is 16.5. The molecule has 0 unspecified atom stereocenters. The molecule has 0 bridgehead atoms. The van der Waals surface area contributed by atoms with Crippen LogP contribution in [0.25, 0.3) is 0 Å². The lowest BCUT2D eigenvalue weighted by atomic mass is 10.0. The molecule has 0 spiro atoms. The lowest BCUT2D eigenvalue weighted by Gasteiger charge is -2.27.